The molecule has 0 spiro atoms. The molecule has 1 heterocycles. The van der Waals surface area contributed by atoms with Gasteiger partial charge in [-0.25, -0.2) is 4.98 Å². The van der Waals surface area contributed by atoms with Crippen LogP contribution in [0, 0.1) is 13.8 Å². The van der Waals surface area contributed by atoms with Crippen LogP contribution in [0.3, 0.4) is 0 Å². The number of nitrogens with zero attached hydrogens (tertiary/aromatic N) is 1. The van der Waals surface area contributed by atoms with Crippen molar-refractivity contribution < 1.29 is 0 Å². The number of pyridine rings is 1. The fraction of sp³-hybridized carbons (Fsp3) is 0.312. The maximum atomic E-state index is 4.30. The van der Waals surface area contributed by atoms with E-state index < -0.39 is 0 Å². The van der Waals surface area contributed by atoms with E-state index in [1.807, 2.05) is 18.3 Å². The SMILES string of the molecule is CCCNc1cc(Nc2ccc(C)c(C)c2)ccn1. The lowest BCUT2D eigenvalue weighted by Crippen LogP contribution is -2.02. The molecule has 0 aliphatic carbocycles. The van der Waals surface area contributed by atoms with Crippen LogP contribution in [0.2, 0.25) is 0 Å². The van der Waals surface area contributed by atoms with Crippen molar-refractivity contribution >= 4 is 17.2 Å². The van der Waals surface area contributed by atoms with Crippen LogP contribution in [0.1, 0.15) is 24.5 Å². The highest BCUT2D eigenvalue weighted by Gasteiger charge is 1.99. The molecule has 19 heavy (non-hydrogen) atoms. The number of hydrogen-bond donors (Lipinski definition) is 2. The van der Waals surface area contributed by atoms with E-state index in [4.69, 9.17) is 0 Å². The Balaban J connectivity index is 2.11. The molecule has 0 aliphatic rings. The molecule has 0 amide bonds. The Bertz CT molecular complexity index is 549. The van der Waals surface area contributed by atoms with Gasteiger partial charge in [-0.2, -0.15) is 0 Å². The Kier molecular flexibility index (Phi) is 4.39. The monoisotopic (exact) mass is 255 g/mol. The van der Waals surface area contributed by atoms with E-state index in [-0.39, 0.29) is 0 Å². The summed E-state index contributed by atoms with van der Waals surface area (Å²) >= 11 is 0. The third-order valence-electron chi connectivity index (χ3n) is 3.11. The van der Waals surface area contributed by atoms with Crippen molar-refractivity contribution in [1.29, 1.82) is 0 Å². The van der Waals surface area contributed by atoms with Crippen molar-refractivity contribution in [2.75, 3.05) is 17.2 Å². The number of benzene rings is 1. The lowest BCUT2D eigenvalue weighted by atomic mass is 10.1. The van der Waals surface area contributed by atoms with Gasteiger partial charge in [-0.15, -0.1) is 0 Å². The number of aromatic nitrogens is 1. The molecule has 3 nitrogen and oxygen atoms in total. The van der Waals surface area contributed by atoms with Gasteiger partial charge in [0.25, 0.3) is 0 Å². The number of hydrogen-bond acceptors (Lipinski definition) is 3. The molecule has 0 saturated carbocycles. The standard InChI is InChI=1S/C16H21N3/c1-4-8-17-16-11-15(7-9-18-16)19-14-6-5-12(2)13(3)10-14/h5-7,9-11H,4,8H2,1-3H3,(H2,17,18,19). The third-order valence-corrected chi connectivity index (χ3v) is 3.11. The topological polar surface area (TPSA) is 37.0 Å². The second-order valence-corrected chi connectivity index (χ2v) is 4.78. The highest BCUT2D eigenvalue weighted by molar-refractivity contribution is 5.63. The summed E-state index contributed by atoms with van der Waals surface area (Å²) in [6.07, 6.45) is 2.91. The van der Waals surface area contributed by atoms with Gasteiger partial charge in [0.05, 0.1) is 0 Å². The Labute approximate surface area is 115 Å². The minimum atomic E-state index is 0.913. The molecule has 3 heteroatoms. The fourth-order valence-corrected chi connectivity index (χ4v) is 1.84. The van der Waals surface area contributed by atoms with Crippen LogP contribution < -0.4 is 10.6 Å². The van der Waals surface area contributed by atoms with Crippen LogP contribution in [0.4, 0.5) is 17.2 Å². The first-order valence-corrected chi connectivity index (χ1v) is 6.73. The molecule has 2 N–H and O–H groups in total. The summed E-state index contributed by atoms with van der Waals surface area (Å²) in [5.74, 6) is 0.913. The highest BCUT2D eigenvalue weighted by Crippen LogP contribution is 2.20. The average Bonchev–Trinajstić information content (AvgIpc) is 2.41. The Hall–Kier alpha value is -2.03. The lowest BCUT2D eigenvalue weighted by molar-refractivity contribution is 0.969. The molecular weight excluding hydrogens is 234 g/mol. The molecule has 0 atom stereocenters. The van der Waals surface area contributed by atoms with Crippen LogP contribution in [-0.2, 0) is 0 Å². The minimum absolute atomic E-state index is 0.913. The molecule has 100 valence electrons. The number of nitrogens with one attached hydrogen (secondary N) is 2. The van der Waals surface area contributed by atoms with Crippen molar-refractivity contribution in [1.82, 2.24) is 4.98 Å². The number of anilines is 3. The normalized spacial score (nSPS) is 10.3. The first-order valence-electron chi connectivity index (χ1n) is 6.73. The zero-order valence-corrected chi connectivity index (χ0v) is 11.8. The number of rotatable bonds is 5. The van der Waals surface area contributed by atoms with E-state index in [0.717, 1.165) is 30.2 Å². The Morgan fingerprint density at radius 1 is 1.00 bits per heavy atom. The van der Waals surface area contributed by atoms with E-state index in [9.17, 15) is 0 Å². The Morgan fingerprint density at radius 3 is 2.53 bits per heavy atom. The molecule has 0 radical (unpaired) electrons. The van der Waals surface area contributed by atoms with Crippen molar-refractivity contribution in [3.05, 3.63) is 47.7 Å². The van der Waals surface area contributed by atoms with Gasteiger partial charge in [0, 0.05) is 30.2 Å². The summed E-state index contributed by atoms with van der Waals surface area (Å²) in [4.78, 5) is 4.30. The van der Waals surface area contributed by atoms with Crippen LogP contribution in [0.5, 0.6) is 0 Å². The Morgan fingerprint density at radius 2 is 1.79 bits per heavy atom. The largest absolute Gasteiger partial charge is 0.370 e. The number of aryl methyl sites for hydroxylation is 2. The lowest BCUT2D eigenvalue weighted by Gasteiger charge is -2.10. The van der Waals surface area contributed by atoms with Gasteiger partial charge in [0.15, 0.2) is 0 Å². The van der Waals surface area contributed by atoms with Crippen LogP contribution in [-0.4, -0.2) is 11.5 Å². The van der Waals surface area contributed by atoms with Gasteiger partial charge in [-0.1, -0.05) is 13.0 Å². The predicted molar refractivity (Wildman–Crippen MR) is 82.2 cm³/mol. The fourth-order valence-electron chi connectivity index (χ4n) is 1.84. The van der Waals surface area contributed by atoms with Crippen molar-refractivity contribution in [2.24, 2.45) is 0 Å². The van der Waals surface area contributed by atoms with E-state index in [1.165, 1.54) is 11.1 Å². The zero-order valence-electron chi connectivity index (χ0n) is 11.8. The summed E-state index contributed by atoms with van der Waals surface area (Å²) in [6, 6.07) is 10.4. The molecule has 0 bridgehead atoms. The van der Waals surface area contributed by atoms with Crippen molar-refractivity contribution in [3.8, 4) is 0 Å². The van der Waals surface area contributed by atoms with E-state index >= 15 is 0 Å². The smallest absolute Gasteiger partial charge is 0.127 e. The minimum Gasteiger partial charge on any atom is -0.370 e. The molecular formula is C16H21N3. The second kappa shape index (κ2) is 6.23. The predicted octanol–water partition coefficient (Wildman–Crippen LogP) is 4.26. The van der Waals surface area contributed by atoms with Gasteiger partial charge in [0.2, 0.25) is 0 Å². The maximum Gasteiger partial charge on any atom is 0.127 e. The van der Waals surface area contributed by atoms with E-state index in [0.29, 0.717) is 0 Å². The summed E-state index contributed by atoms with van der Waals surface area (Å²) in [7, 11) is 0. The van der Waals surface area contributed by atoms with E-state index in [1.54, 1.807) is 0 Å². The van der Waals surface area contributed by atoms with Crippen LogP contribution in [0.15, 0.2) is 36.5 Å². The van der Waals surface area contributed by atoms with Crippen LogP contribution >= 0.6 is 0 Å². The molecule has 0 aliphatic heterocycles. The highest BCUT2D eigenvalue weighted by atomic mass is 15.0. The van der Waals surface area contributed by atoms with Gasteiger partial charge in [-0.05, 0) is 49.6 Å². The quantitative estimate of drug-likeness (QED) is 0.838. The summed E-state index contributed by atoms with van der Waals surface area (Å²) in [5, 5.41) is 6.70. The molecule has 0 saturated heterocycles. The molecule has 1 aromatic carbocycles. The summed E-state index contributed by atoms with van der Waals surface area (Å²) in [5.41, 5.74) is 4.77. The molecule has 1 aromatic heterocycles. The second-order valence-electron chi connectivity index (χ2n) is 4.78. The van der Waals surface area contributed by atoms with E-state index in [2.05, 4.69) is 54.6 Å². The molecule has 0 unspecified atom stereocenters. The first kappa shape index (κ1) is 13.4. The van der Waals surface area contributed by atoms with Crippen molar-refractivity contribution in [3.63, 3.8) is 0 Å². The van der Waals surface area contributed by atoms with Gasteiger partial charge < -0.3 is 10.6 Å². The average molecular weight is 255 g/mol. The summed E-state index contributed by atoms with van der Waals surface area (Å²) < 4.78 is 0. The van der Waals surface area contributed by atoms with Gasteiger partial charge >= 0.3 is 0 Å². The molecule has 0 fully saturated rings. The first-order chi connectivity index (χ1) is 9.19. The van der Waals surface area contributed by atoms with Crippen molar-refractivity contribution in [2.45, 2.75) is 27.2 Å². The zero-order chi connectivity index (χ0) is 13.7. The van der Waals surface area contributed by atoms with Gasteiger partial charge in [-0.3, -0.25) is 0 Å². The van der Waals surface area contributed by atoms with Gasteiger partial charge in [0.1, 0.15) is 5.82 Å². The third kappa shape index (κ3) is 3.71. The molecule has 2 aromatic rings. The molecule has 2 rings (SSSR count). The summed E-state index contributed by atoms with van der Waals surface area (Å²) in [6.45, 7) is 7.34. The maximum absolute atomic E-state index is 4.30. The van der Waals surface area contributed by atoms with Crippen LogP contribution in [0.25, 0.3) is 0 Å².